The highest BCUT2D eigenvalue weighted by molar-refractivity contribution is 7.12. The number of nitrogens with zero attached hydrogens (tertiary/aromatic N) is 1. The maximum Gasteiger partial charge on any atom is 0.0900 e. The molecule has 1 aliphatic rings. The molecule has 4 heteroatoms. The van der Waals surface area contributed by atoms with Gasteiger partial charge in [0.1, 0.15) is 0 Å². The third kappa shape index (κ3) is 3.22. The topological polar surface area (TPSA) is 24.9 Å². The molecule has 0 amide bonds. The van der Waals surface area contributed by atoms with Crippen LogP contribution >= 0.6 is 22.7 Å². The van der Waals surface area contributed by atoms with Crippen molar-refractivity contribution in [2.24, 2.45) is 0 Å². The molecule has 2 unspecified atom stereocenters. The summed E-state index contributed by atoms with van der Waals surface area (Å²) in [4.78, 5) is 9.04. The van der Waals surface area contributed by atoms with E-state index in [9.17, 15) is 0 Å². The summed E-state index contributed by atoms with van der Waals surface area (Å²) in [5.74, 6) is 0. The van der Waals surface area contributed by atoms with E-state index < -0.39 is 0 Å². The molecular weight excluding hydrogens is 296 g/mol. The zero-order valence-corrected chi connectivity index (χ0v) is 15.0. The van der Waals surface area contributed by atoms with E-state index in [1.807, 2.05) is 22.7 Å². The van der Waals surface area contributed by atoms with Crippen molar-refractivity contribution in [2.75, 3.05) is 0 Å². The number of aromatic nitrogens is 1. The SMILES string of the molecule is Cc1nc(C)c(C(C)NC(C)c2cc3c(s2)CCCC3)s1. The van der Waals surface area contributed by atoms with Crippen LogP contribution in [0.3, 0.4) is 0 Å². The first-order valence-electron chi connectivity index (χ1n) is 7.86. The molecule has 0 radical (unpaired) electrons. The molecule has 2 heterocycles. The lowest BCUT2D eigenvalue weighted by molar-refractivity contribution is 0.503. The van der Waals surface area contributed by atoms with Crippen molar-refractivity contribution >= 4 is 22.7 Å². The molecule has 0 fully saturated rings. The number of fused-ring (bicyclic) bond motifs is 1. The highest BCUT2D eigenvalue weighted by atomic mass is 32.1. The fourth-order valence-corrected chi connectivity index (χ4v) is 5.42. The Bertz CT molecular complexity index is 603. The van der Waals surface area contributed by atoms with Crippen molar-refractivity contribution in [2.45, 2.75) is 65.5 Å². The number of nitrogens with one attached hydrogen (secondary N) is 1. The van der Waals surface area contributed by atoms with Crippen molar-refractivity contribution in [1.29, 1.82) is 0 Å². The monoisotopic (exact) mass is 320 g/mol. The molecule has 1 N–H and O–H groups in total. The van der Waals surface area contributed by atoms with Crippen LogP contribution in [0.2, 0.25) is 0 Å². The maximum absolute atomic E-state index is 4.55. The average Bonchev–Trinajstić information content (AvgIpc) is 3.01. The Hall–Kier alpha value is -0.710. The van der Waals surface area contributed by atoms with E-state index in [-0.39, 0.29) is 0 Å². The number of thiophene rings is 1. The van der Waals surface area contributed by atoms with E-state index in [1.54, 1.807) is 10.4 Å². The lowest BCUT2D eigenvalue weighted by Crippen LogP contribution is -2.21. The number of aryl methyl sites for hydroxylation is 4. The van der Waals surface area contributed by atoms with Gasteiger partial charge in [-0.2, -0.15) is 0 Å². The summed E-state index contributed by atoms with van der Waals surface area (Å²) < 4.78 is 0. The minimum Gasteiger partial charge on any atom is -0.302 e. The molecule has 0 bridgehead atoms. The summed E-state index contributed by atoms with van der Waals surface area (Å²) in [6.45, 7) is 8.75. The molecule has 2 aromatic heterocycles. The number of rotatable bonds is 4. The largest absolute Gasteiger partial charge is 0.302 e. The first-order chi connectivity index (χ1) is 10.0. The molecular formula is C17H24N2S2. The smallest absolute Gasteiger partial charge is 0.0900 e. The molecule has 3 rings (SSSR count). The minimum atomic E-state index is 0.366. The molecule has 114 valence electrons. The van der Waals surface area contributed by atoms with Crippen LogP contribution in [0.25, 0.3) is 0 Å². The normalized spacial score (nSPS) is 17.5. The zero-order chi connectivity index (χ0) is 15.0. The second kappa shape index (κ2) is 6.19. The molecule has 2 nitrogen and oxygen atoms in total. The Morgan fingerprint density at radius 1 is 1.10 bits per heavy atom. The Morgan fingerprint density at radius 3 is 2.52 bits per heavy atom. The van der Waals surface area contributed by atoms with Gasteiger partial charge in [-0.1, -0.05) is 0 Å². The quantitative estimate of drug-likeness (QED) is 0.846. The predicted molar refractivity (Wildman–Crippen MR) is 92.5 cm³/mol. The van der Waals surface area contributed by atoms with Gasteiger partial charge in [0.15, 0.2) is 0 Å². The van der Waals surface area contributed by atoms with E-state index in [4.69, 9.17) is 0 Å². The van der Waals surface area contributed by atoms with Crippen LogP contribution < -0.4 is 5.32 Å². The Balaban J connectivity index is 1.72. The van der Waals surface area contributed by atoms with Crippen LogP contribution in [0.1, 0.15) is 69.7 Å². The molecule has 0 aliphatic heterocycles. The van der Waals surface area contributed by atoms with Gasteiger partial charge < -0.3 is 5.32 Å². The molecule has 2 atom stereocenters. The van der Waals surface area contributed by atoms with E-state index in [2.05, 4.69) is 44.1 Å². The van der Waals surface area contributed by atoms with Gasteiger partial charge in [-0.3, -0.25) is 0 Å². The van der Waals surface area contributed by atoms with Gasteiger partial charge in [0.25, 0.3) is 0 Å². The van der Waals surface area contributed by atoms with Crippen LogP contribution in [0, 0.1) is 13.8 Å². The maximum atomic E-state index is 4.55. The first kappa shape index (κ1) is 15.2. The van der Waals surface area contributed by atoms with Gasteiger partial charge in [-0.15, -0.1) is 22.7 Å². The second-order valence-corrected chi connectivity index (χ2v) is 8.50. The van der Waals surface area contributed by atoms with Crippen LogP contribution in [-0.2, 0) is 12.8 Å². The highest BCUT2D eigenvalue weighted by Crippen LogP contribution is 2.34. The molecule has 0 spiro atoms. The second-order valence-electron chi connectivity index (χ2n) is 6.10. The zero-order valence-electron chi connectivity index (χ0n) is 13.3. The Labute approximate surface area is 135 Å². The van der Waals surface area contributed by atoms with Crippen molar-refractivity contribution in [1.82, 2.24) is 10.3 Å². The molecule has 1 aliphatic carbocycles. The standard InChI is InChI=1S/C17H24N2S2/c1-10(16-9-14-7-5-6-8-15(14)21-16)18-11(2)17-12(3)19-13(4)20-17/h9-11,18H,5-8H2,1-4H3. The van der Waals surface area contributed by atoms with Crippen LogP contribution in [0.15, 0.2) is 6.07 Å². The van der Waals surface area contributed by atoms with Crippen LogP contribution in [0.5, 0.6) is 0 Å². The van der Waals surface area contributed by atoms with Gasteiger partial charge in [0, 0.05) is 26.7 Å². The van der Waals surface area contributed by atoms with E-state index in [0.29, 0.717) is 12.1 Å². The van der Waals surface area contributed by atoms with Gasteiger partial charge in [-0.05, 0) is 65.0 Å². The van der Waals surface area contributed by atoms with Crippen molar-refractivity contribution in [3.8, 4) is 0 Å². The molecule has 0 saturated heterocycles. The van der Waals surface area contributed by atoms with Gasteiger partial charge in [0.2, 0.25) is 0 Å². The third-order valence-corrected chi connectivity index (χ3v) is 6.95. The molecule has 2 aromatic rings. The Morgan fingerprint density at radius 2 is 1.86 bits per heavy atom. The summed E-state index contributed by atoms with van der Waals surface area (Å²) in [6, 6.07) is 3.22. The lowest BCUT2D eigenvalue weighted by atomic mass is 9.99. The van der Waals surface area contributed by atoms with E-state index in [1.165, 1.54) is 41.1 Å². The summed E-state index contributed by atoms with van der Waals surface area (Å²) in [5.41, 5.74) is 2.78. The fourth-order valence-electron chi connectivity index (χ4n) is 3.21. The third-order valence-electron chi connectivity index (χ3n) is 4.28. The minimum absolute atomic E-state index is 0.366. The summed E-state index contributed by atoms with van der Waals surface area (Å²) in [6.07, 6.45) is 5.29. The van der Waals surface area contributed by atoms with Gasteiger partial charge in [0.05, 0.1) is 10.7 Å². The van der Waals surface area contributed by atoms with Crippen molar-refractivity contribution in [3.05, 3.63) is 37.0 Å². The molecule has 0 saturated carbocycles. The van der Waals surface area contributed by atoms with Crippen LogP contribution in [0.4, 0.5) is 0 Å². The number of hydrogen-bond donors (Lipinski definition) is 1. The van der Waals surface area contributed by atoms with Crippen LogP contribution in [-0.4, -0.2) is 4.98 Å². The first-order valence-corrected chi connectivity index (χ1v) is 9.49. The molecule has 0 aromatic carbocycles. The van der Waals surface area contributed by atoms with E-state index in [0.717, 1.165) is 5.01 Å². The molecule has 21 heavy (non-hydrogen) atoms. The fraction of sp³-hybridized carbons (Fsp3) is 0.588. The Kier molecular flexibility index (Phi) is 4.48. The van der Waals surface area contributed by atoms with Crippen molar-refractivity contribution < 1.29 is 0 Å². The average molecular weight is 321 g/mol. The number of thiazole rings is 1. The van der Waals surface area contributed by atoms with Gasteiger partial charge in [-0.25, -0.2) is 4.98 Å². The summed E-state index contributed by atoms with van der Waals surface area (Å²) >= 11 is 3.83. The summed E-state index contributed by atoms with van der Waals surface area (Å²) in [5, 5.41) is 4.92. The predicted octanol–water partition coefficient (Wildman–Crippen LogP) is 5.11. The van der Waals surface area contributed by atoms with Gasteiger partial charge >= 0.3 is 0 Å². The lowest BCUT2D eigenvalue weighted by Gasteiger charge is -2.18. The number of hydrogen-bond acceptors (Lipinski definition) is 4. The summed E-state index contributed by atoms with van der Waals surface area (Å²) in [7, 11) is 0. The highest BCUT2D eigenvalue weighted by Gasteiger charge is 2.19. The van der Waals surface area contributed by atoms with E-state index >= 15 is 0 Å². The van der Waals surface area contributed by atoms with Crippen molar-refractivity contribution in [3.63, 3.8) is 0 Å².